The molecule has 1 fully saturated rings. The van der Waals surface area contributed by atoms with Crippen molar-refractivity contribution in [3.8, 4) is 0 Å². The highest BCUT2D eigenvalue weighted by Gasteiger charge is 2.61. The van der Waals surface area contributed by atoms with Crippen molar-refractivity contribution in [3.05, 3.63) is 128 Å². The number of rotatable bonds is 6. The molecule has 0 radical (unpaired) electrons. The van der Waals surface area contributed by atoms with Crippen LogP contribution in [-0.2, 0) is 32.8 Å². The summed E-state index contributed by atoms with van der Waals surface area (Å²) in [5.74, 6) is -1.65. The third-order valence-electron chi connectivity index (χ3n) is 7.94. The number of anilines is 2. The van der Waals surface area contributed by atoms with Gasteiger partial charge in [0, 0.05) is 21.1 Å². The molecule has 4 aromatic carbocycles. The van der Waals surface area contributed by atoms with Crippen molar-refractivity contribution in [3.63, 3.8) is 0 Å². The van der Waals surface area contributed by atoms with Crippen molar-refractivity contribution in [2.45, 2.75) is 31.7 Å². The molecule has 3 amide bonds. The summed E-state index contributed by atoms with van der Waals surface area (Å²) in [6, 6.07) is 30.8. The Bertz CT molecular complexity index is 1640. The predicted octanol–water partition coefficient (Wildman–Crippen LogP) is 7.13. The van der Waals surface area contributed by atoms with Crippen LogP contribution in [0.2, 0.25) is 0 Å². The molecule has 2 heterocycles. The van der Waals surface area contributed by atoms with Gasteiger partial charge in [0.15, 0.2) is 0 Å². The lowest BCUT2D eigenvalue weighted by Gasteiger charge is -2.34. The molecule has 5 nitrogen and oxygen atoms in total. The fraction of sp³-hybridized carbons (Fsp3) is 0.182. The molecular weight excluding hydrogens is 632 g/mol. The molecule has 0 aliphatic carbocycles. The van der Waals surface area contributed by atoms with Crippen LogP contribution in [0.5, 0.6) is 0 Å². The number of carbonyl (C=O) groups excluding carboxylic acids is 3. The maximum Gasteiger partial charge on any atom is 0.239 e. The highest BCUT2D eigenvalue weighted by Crippen LogP contribution is 2.52. The van der Waals surface area contributed by atoms with Crippen LogP contribution in [0.25, 0.3) is 0 Å². The normalized spacial score (nSPS) is 20.4. The lowest BCUT2D eigenvalue weighted by molar-refractivity contribution is -0.131. The van der Waals surface area contributed by atoms with Gasteiger partial charge in [-0.25, -0.2) is 0 Å². The molecule has 0 unspecified atom stereocenters. The predicted molar refractivity (Wildman–Crippen MR) is 163 cm³/mol. The molecule has 0 bridgehead atoms. The fourth-order valence-corrected chi connectivity index (χ4v) is 6.74. The van der Waals surface area contributed by atoms with E-state index in [0.29, 0.717) is 18.7 Å². The largest absolute Gasteiger partial charge is 0.307 e. The number of hydrogen-bond acceptors (Lipinski definition) is 3. The first-order chi connectivity index (χ1) is 19.3. The van der Waals surface area contributed by atoms with Gasteiger partial charge in [0.25, 0.3) is 0 Å². The zero-order chi connectivity index (χ0) is 28.0. The maximum absolute atomic E-state index is 14.8. The Kier molecular flexibility index (Phi) is 6.97. The van der Waals surface area contributed by atoms with Crippen molar-refractivity contribution < 1.29 is 14.4 Å². The second kappa shape index (κ2) is 10.5. The molecule has 40 heavy (non-hydrogen) atoms. The van der Waals surface area contributed by atoms with E-state index in [4.69, 9.17) is 0 Å². The van der Waals surface area contributed by atoms with Crippen LogP contribution in [0.3, 0.4) is 0 Å². The van der Waals surface area contributed by atoms with Gasteiger partial charge in [-0.05, 0) is 66.4 Å². The van der Waals surface area contributed by atoms with E-state index in [1.54, 1.807) is 23.1 Å². The van der Waals surface area contributed by atoms with Gasteiger partial charge in [0.2, 0.25) is 17.7 Å². The van der Waals surface area contributed by atoms with Crippen LogP contribution < -0.4 is 9.80 Å². The van der Waals surface area contributed by atoms with Crippen LogP contribution in [0, 0.1) is 12.8 Å². The molecule has 200 valence electrons. The summed E-state index contributed by atoms with van der Waals surface area (Å²) in [6.07, 6.45) is 0.261. The summed E-state index contributed by atoms with van der Waals surface area (Å²) in [7, 11) is 0. The molecule has 2 atom stereocenters. The number of amides is 3. The molecule has 4 aromatic rings. The molecular formula is C33H26Br2N2O3. The number of carbonyl (C=O) groups is 3. The molecule has 1 saturated heterocycles. The van der Waals surface area contributed by atoms with Crippen molar-refractivity contribution in [2.75, 3.05) is 9.80 Å². The maximum atomic E-state index is 14.8. The minimum atomic E-state index is -1.24. The number of imide groups is 1. The van der Waals surface area contributed by atoms with Gasteiger partial charge in [-0.15, -0.1) is 0 Å². The van der Waals surface area contributed by atoms with Crippen LogP contribution in [0.4, 0.5) is 11.4 Å². The van der Waals surface area contributed by atoms with E-state index in [2.05, 4.69) is 31.9 Å². The van der Waals surface area contributed by atoms with Crippen LogP contribution in [0.15, 0.2) is 106 Å². The highest BCUT2D eigenvalue weighted by atomic mass is 79.9. The van der Waals surface area contributed by atoms with Crippen molar-refractivity contribution >= 4 is 61.0 Å². The van der Waals surface area contributed by atoms with E-state index in [-0.39, 0.29) is 24.1 Å². The van der Waals surface area contributed by atoms with Crippen molar-refractivity contribution in [1.29, 1.82) is 0 Å². The van der Waals surface area contributed by atoms with Crippen LogP contribution in [-0.4, -0.2) is 17.7 Å². The Morgan fingerprint density at radius 2 is 1.55 bits per heavy atom. The van der Waals surface area contributed by atoms with E-state index >= 15 is 0 Å². The summed E-state index contributed by atoms with van der Waals surface area (Å²) in [5.41, 5.74) is 3.77. The minimum Gasteiger partial charge on any atom is -0.307 e. The minimum absolute atomic E-state index is 0.0415. The van der Waals surface area contributed by atoms with Crippen molar-refractivity contribution in [1.82, 2.24) is 0 Å². The summed E-state index contributed by atoms with van der Waals surface area (Å²) >= 11 is 6.96. The lowest BCUT2D eigenvalue weighted by atomic mass is 9.66. The van der Waals surface area contributed by atoms with Crippen molar-refractivity contribution in [2.24, 2.45) is 5.92 Å². The molecule has 0 N–H and O–H groups in total. The molecule has 0 saturated carbocycles. The van der Waals surface area contributed by atoms with Gasteiger partial charge < -0.3 is 4.90 Å². The second-order valence-electron chi connectivity index (χ2n) is 10.5. The Hall–Kier alpha value is -3.55. The molecule has 2 aliphatic rings. The van der Waals surface area contributed by atoms with Gasteiger partial charge in [-0.3, -0.25) is 19.3 Å². The molecule has 0 spiro atoms. The first kappa shape index (κ1) is 26.7. The summed E-state index contributed by atoms with van der Waals surface area (Å²) in [4.78, 5) is 45.7. The topological polar surface area (TPSA) is 57.7 Å². The average Bonchev–Trinajstić information content (AvgIpc) is 3.36. The standard InChI is InChI=1S/C33H26Br2N2O3/c1-21-10-15-29-27(16-21)33(19-22-11-13-24(34)14-12-22,32(40)36(29)20-23-6-3-2-4-7-23)28-18-30(38)37(31(28)39)26-9-5-8-25(35)17-26/h2-17,28H,18-20H2,1H3/t28-,33+/m0/s1. The van der Waals surface area contributed by atoms with E-state index in [1.807, 2.05) is 85.8 Å². The zero-order valence-corrected chi connectivity index (χ0v) is 25.0. The van der Waals surface area contributed by atoms with Gasteiger partial charge >= 0.3 is 0 Å². The van der Waals surface area contributed by atoms with Gasteiger partial charge in [-0.1, -0.05) is 98.1 Å². The first-order valence-electron chi connectivity index (χ1n) is 13.1. The molecule has 2 aliphatic heterocycles. The summed E-state index contributed by atoms with van der Waals surface area (Å²) < 4.78 is 1.70. The number of halogens is 2. The van der Waals surface area contributed by atoms with Gasteiger partial charge in [0.1, 0.15) is 0 Å². The van der Waals surface area contributed by atoms with Gasteiger partial charge in [-0.2, -0.15) is 0 Å². The SMILES string of the molecule is Cc1ccc2c(c1)[C@](Cc1ccc(Br)cc1)([C@H]1CC(=O)N(c3cccc(Br)c3)C1=O)C(=O)N2Cc1ccccc1. The van der Waals surface area contributed by atoms with Crippen LogP contribution >= 0.6 is 31.9 Å². The quantitative estimate of drug-likeness (QED) is 0.207. The third kappa shape index (κ3) is 4.51. The Balaban J connectivity index is 1.52. The van der Waals surface area contributed by atoms with E-state index in [9.17, 15) is 14.4 Å². The summed E-state index contributed by atoms with van der Waals surface area (Å²) in [6.45, 7) is 2.37. The number of fused-ring (bicyclic) bond motifs is 1. The second-order valence-corrected chi connectivity index (χ2v) is 12.3. The molecule has 0 aromatic heterocycles. The number of nitrogens with zero attached hydrogens (tertiary/aromatic N) is 2. The smallest absolute Gasteiger partial charge is 0.239 e. The fourth-order valence-electron chi connectivity index (χ4n) is 6.09. The monoisotopic (exact) mass is 656 g/mol. The number of benzene rings is 4. The highest BCUT2D eigenvalue weighted by molar-refractivity contribution is 9.10. The molecule has 7 heteroatoms. The molecule has 6 rings (SSSR count). The van der Waals surface area contributed by atoms with Gasteiger partial charge in [0.05, 0.1) is 23.6 Å². The average molecular weight is 658 g/mol. The third-order valence-corrected chi connectivity index (χ3v) is 8.96. The Labute approximate surface area is 250 Å². The number of hydrogen-bond donors (Lipinski definition) is 0. The van der Waals surface area contributed by atoms with E-state index < -0.39 is 11.3 Å². The van der Waals surface area contributed by atoms with Crippen LogP contribution in [0.1, 0.15) is 28.7 Å². The summed E-state index contributed by atoms with van der Waals surface area (Å²) in [5, 5.41) is 0. The lowest BCUT2D eigenvalue weighted by Crippen LogP contribution is -2.50. The Morgan fingerprint density at radius 3 is 2.27 bits per heavy atom. The number of aryl methyl sites for hydroxylation is 1. The van der Waals surface area contributed by atoms with E-state index in [0.717, 1.165) is 36.9 Å². The Morgan fingerprint density at radius 1 is 0.800 bits per heavy atom. The zero-order valence-electron chi connectivity index (χ0n) is 21.8. The van der Waals surface area contributed by atoms with E-state index in [1.165, 1.54) is 4.90 Å². The first-order valence-corrected chi connectivity index (χ1v) is 14.7.